The van der Waals surface area contributed by atoms with Gasteiger partial charge in [0.1, 0.15) is 0 Å². The van der Waals surface area contributed by atoms with Gasteiger partial charge in [-0.3, -0.25) is 0 Å². The number of hydrogen-bond acceptors (Lipinski definition) is 1. The molecule has 0 fully saturated rings. The molecule has 1 unspecified atom stereocenters. The standard InChI is InChI=1S/C12H25BrO/c1-4-5-7-14-8-6-12(10-13)9-11(2)3/h11-12H,4-10H2,1-3H3. The lowest BCUT2D eigenvalue weighted by Gasteiger charge is -2.16. The van der Waals surface area contributed by atoms with E-state index < -0.39 is 0 Å². The van der Waals surface area contributed by atoms with Crippen LogP contribution in [0.3, 0.4) is 0 Å². The minimum absolute atomic E-state index is 0.789. The zero-order chi connectivity index (χ0) is 10.8. The van der Waals surface area contributed by atoms with Gasteiger partial charge >= 0.3 is 0 Å². The summed E-state index contributed by atoms with van der Waals surface area (Å²) in [6.45, 7) is 8.64. The fourth-order valence-electron chi connectivity index (χ4n) is 1.52. The van der Waals surface area contributed by atoms with Crippen LogP contribution in [0.2, 0.25) is 0 Å². The summed E-state index contributed by atoms with van der Waals surface area (Å²) < 4.78 is 5.57. The van der Waals surface area contributed by atoms with Crippen LogP contribution in [-0.2, 0) is 4.74 Å². The third kappa shape index (κ3) is 9.01. The van der Waals surface area contributed by atoms with Crippen molar-refractivity contribution in [1.82, 2.24) is 0 Å². The number of ether oxygens (including phenoxy) is 1. The van der Waals surface area contributed by atoms with Crippen molar-refractivity contribution in [3.63, 3.8) is 0 Å². The molecule has 0 aliphatic rings. The normalized spacial score (nSPS) is 13.5. The summed E-state index contributed by atoms with van der Waals surface area (Å²) in [5.74, 6) is 1.59. The van der Waals surface area contributed by atoms with E-state index in [1.807, 2.05) is 0 Å². The fraction of sp³-hybridized carbons (Fsp3) is 1.00. The van der Waals surface area contributed by atoms with Gasteiger partial charge in [-0.05, 0) is 31.1 Å². The van der Waals surface area contributed by atoms with Crippen molar-refractivity contribution in [2.75, 3.05) is 18.5 Å². The van der Waals surface area contributed by atoms with Gasteiger partial charge in [0, 0.05) is 18.5 Å². The second-order valence-corrected chi connectivity index (χ2v) is 5.05. The van der Waals surface area contributed by atoms with E-state index in [2.05, 4.69) is 36.7 Å². The highest BCUT2D eigenvalue weighted by Crippen LogP contribution is 2.17. The lowest BCUT2D eigenvalue weighted by Crippen LogP contribution is -2.10. The van der Waals surface area contributed by atoms with E-state index in [9.17, 15) is 0 Å². The van der Waals surface area contributed by atoms with Crippen LogP contribution in [0.5, 0.6) is 0 Å². The smallest absolute Gasteiger partial charge is 0.0468 e. The summed E-state index contributed by atoms with van der Waals surface area (Å²) in [5, 5.41) is 1.11. The van der Waals surface area contributed by atoms with Crippen molar-refractivity contribution in [3.05, 3.63) is 0 Å². The van der Waals surface area contributed by atoms with E-state index in [-0.39, 0.29) is 0 Å². The molecule has 0 aromatic carbocycles. The van der Waals surface area contributed by atoms with Crippen LogP contribution in [0, 0.1) is 11.8 Å². The number of alkyl halides is 1. The molecule has 0 aliphatic heterocycles. The summed E-state index contributed by atoms with van der Waals surface area (Å²) in [7, 11) is 0. The van der Waals surface area contributed by atoms with Crippen LogP contribution < -0.4 is 0 Å². The largest absolute Gasteiger partial charge is 0.381 e. The molecule has 0 spiro atoms. The number of hydrogen-bond donors (Lipinski definition) is 0. The van der Waals surface area contributed by atoms with Gasteiger partial charge in [0.05, 0.1) is 0 Å². The van der Waals surface area contributed by atoms with Crippen molar-refractivity contribution >= 4 is 15.9 Å². The molecule has 0 saturated heterocycles. The molecular formula is C12H25BrO. The van der Waals surface area contributed by atoms with Crippen LogP contribution in [-0.4, -0.2) is 18.5 Å². The van der Waals surface area contributed by atoms with Crippen LogP contribution in [0.25, 0.3) is 0 Å². The lowest BCUT2D eigenvalue weighted by atomic mass is 9.96. The molecule has 14 heavy (non-hydrogen) atoms. The fourth-order valence-corrected chi connectivity index (χ4v) is 2.11. The second kappa shape index (κ2) is 9.97. The minimum Gasteiger partial charge on any atom is -0.381 e. The predicted octanol–water partition coefficient (Wildman–Crippen LogP) is 4.25. The van der Waals surface area contributed by atoms with E-state index in [0.29, 0.717) is 0 Å². The average molecular weight is 265 g/mol. The van der Waals surface area contributed by atoms with Crippen molar-refractivity contribution in [2.24, 2.45) is 11.8 Å². The SMILES string of the molecule is CCCCOCCC(CBr)CC(C)C. The zero-order valence-electron chi connectivity index (χ0n) is 9.89. The molecule has 0 amide bonds. The van der Waals surface area contributed by atoms with Crippen molar-refractivity contribution in [3.8, 4) is 0 Å². The maximum Gasteiger partial charge on any atom is 0.0468 e. The summed E-state index contributed by atoms with van der Waals surface area (Å²) in [6, 6.07) is 0. The van der Waals surface area contributed by atoms with E-state index >= 15 is 0 Å². The summed E-state index contributed by atoms with van der Waals surface area (Å²) in [5.41, 5.74) is 0. The highest BCUT2D eigenvalue weighted by Gasteiger charge is 2.08. The quantitative estimate of drug-likeness (QED) is 0.447. The van der Waals surface area contributed by atoms with Gasteiger partial charge in [-0.25, -0.2) is 0 Å². The summed E-state index contributed by atoms with van der Waals surface area (Å²) in [4.78, 5) is 0. The molecule has 0 aromatic rings. The van der Waals surface area contributed by atoms with Crippen LogP contribution in [0.1, 0.15) is 46.5 Å². The molecule has 0 rings (SSSR count). The Hall–Kier alpha value is 0.440. The lowest BCUT2D eigenvalue weighted by molar-refractivity contribution is 0.117. The maximum absolute atomic E-state index is 5.57. The van der Waals surface area contributed by atoms with Crippen LogP contribution in [0.15, 0.2) is 0 Å². The highest BCUT2D eigenvalue weighted by atomic mass is 79.9. The summed E-state index contributed by atoms with van der Waals surface area (Å²) >= 11 is 3.57. The van der Waals surface area contributed by atoms with Gasteiger partial charge in [-0.15, -0.1) is 0 Å². The molecular weight excluding hydrogens is 240 g/mol. The van der Waals surface area contributed by atoms with Crippen molar-refractivity contribution in [1.29, 1.82) is 0 Å². The molecule has 1 atom stereocenters. The van der Waals surface area contributed by atoms with Gasteiger partial charge in [0.25, 0.3) is 0 Å². The molecule has 1 nitrogen and oxygen atoms in total. The molecule has 0 radical (unpaired) electrons. The Morgan fingerprint density at radius 1 is 1.21 bits per heavy atom. The Balaban J connectivity index is 3.33. The third-order valence-corrected chi connectivity index (χ3v) is 3.25. The van der Waals surface area contributed by atoms with Crippen LogP contribution >= 0.6 is 15.9 Å². The van der Waals surface area contributed by atoms with Crippen molar-refractivity contribution < 1.29 is 4.74 Å². The van der Waals surface area contributed by atoms with Gasteiger partial charge in [-0.1, -0.05) is 43.1 Å². The van der Waals surface area contributed by atoms with Gasteiger partial charge < -0.3 is 4.74 Å². The monoisotopic (exact) mass is 264 g/mol. The van der Waals surface area contributed by atoms with Crippen molar-refractivity contribution in [2.45, 2.75) is 46.5 Å². The minimum atomic E-state index is 0.789. The number of halogens is 1. The summed E-state index contributed by atoms with van der Waals surface area (Å²) in [6.07, 6.45) is 4.94. The Bertz CT molecular complexity index is 115. The topological polar surface area (TPSA) is 9.23 Å². The molecule has 0 N–H and O–H groups in total. The Kier molecular flexibility index (Phi) is 10.3. The number of rotatable bonds is 9. The Labute approximate surface area is 97.7 Å². The van der Waals surface area contributed by atoms with E-state index in [1.165, 1.54) is 25.7 Å². The average Bonchev–Trinajstić information content (AvgIpc) is 2.15. The first-order valence-corrected chi connectivity index (χ1v) is 6.96. The van der Waals surface area contributed by atoms with Gasteiger partial charge in [0.15, 0.2) is 0 Å². The van der Waals surface area contributed by atoms with E-state index in [0.717, 1.165) is 30.4 Å². The molecule has 0 bridgehead atoms. The molecule has 2 heteroatoms. The molecule has 0 aliphatic carbocycles. The zero-order valence-corrected chi connectivity index (χ0v) is 11.5. The molecule has 0 saturated carbocycles. The Morgan fingerprint density at radius 3 is 2.43 bits per heavy atom. The van der Waals surface area contributed by atoms with Gasteiger partial charge in [0.2, 0.25) is 0 Å². The number of unbranched alkanes of at least 4 members (excludes halogenated alkanes) is 1. The van der Waals surface area contributed by atoms with E-state index in [4.69, 9.17) is 4.74 Å². The first-order valence-electron chi connectivity index (χ1n) is 5.84. The molecule has 0 aromatic heterocycles. The molecule has 0 heterocycles. The third-order valence-electron chi connectivity index (χ3n) is 2.34. The Morgan fingerprint density at radius 2 is 1.93 bits per heavy atom. The second-order valence-electron chi connectivity index (χ2n) is 4.40. The van der Waals surface area contributed by atoms with Crippen LogP contribution in [0.4, 0.5) is 0 Å². The first-order chi connectivity index (χ1) is 6.70. The maximum atomic E-state index is 5.57. The first kappa shape index (κ1) is 14.4. The van der Waals surface area contributed by atoms with Gasteiger partial charge in [-0.2, -0.15) is 0 Å². The predicted molar refractivity (Wildman–Crippen MR) is 67.1 cm³/mol. The highest BCUT2D eigenvalue weighted by molar-refractivity contribution is 9.09. The molecule has 86 valence electrons. The van der Waals surface area contributed by atoms with E-state index in [1.54, 1.807) is 0 Å².